The first-order valence-electron chi connectivity index (χ1n) is 6.82. The van der Waals surface area contributed by atoms with Gasteiger partial charge in [-0.1, -0.05) is 23.7 Å². The lowest BCUT2D eigenvalue weighted by Gasteiger charge is -2.08. The van der Waals surface area contributed by atoms with Gasteiger partial charge in [0.1, 0.15) is 0 Å². The Hall–Kier alpha value is -2.07. The van der Waals surface area contributed by atoms with E-state index in [1.54, 1.807) is 6.20 Å². The number of carbonyl (C=O) groups is 1. The number of benzene rings is 1. The summed E-state index contributed by atoms with van der Waals surface area (Å²) < 4.78 is 0. The van der Waals surface area contributed by atoms with Crippen molar-refractivity contribution in [2.24, 2.45) is 0 Å². The van der Waals surface area contributed by atoms with E-state index in [9.17, 15) is 4.79 Å². The van der Waals surface area contributed by atoms with Crippen molar-refractivity contribution in [3.8, 4) is 0 Å². The van der Waals surface area contributed by atoms with Crippen LogP contribution in [0, 0.1) is 6.92 Å². The normalized spacial score (nSPS) is 10.2. The molecule has 0 spiro atoms. The van der Waals surface area contributed by atoms with Crippen LogP contribution in [-0.2, 0) is 11.3 Å². The molecular formula is C16H18ClN3O. The van der Waals surface area contributed by atoms with Crippen LogP contribution in [0.5, 0.6) is 0 Å². The van der Waals surface area contributed by atoms with Gasteiger partial charge in [0.25, 0.3) is 0 Å². The van der Waals surface area contributed by atoms with Crippen molar-refractivity contribution in [2.75, 3.05) is 11.9 Å². The Labute approximate surface area is 129 Å². The van der Waals surface area contributed by atoms with Gasteiger partial charge in [0.15, 0.2) is 0 Å². The fourth-order valence-electron chi connectivity index (χ4n) is 1.80. The van der Waals surface area contributed by atoms with Crippen LogP contribution < -0.4 is 10.6 Å². The number of aryl methyl sites for hydroxylation is 1. The molecule has 21 heavy (non-hydrogen) atoms. The van der Waals surface area contributed by atoms with Crippen LogP contribution in [-0.4, -0.2) is 17.4 Å². The van der Waals surface area contributed by atoms with Gasteiger partial charge in [-0.15, -0.1) is 0 Å². The van der Waals surface area contributed by atoms with Crippen LogP contribution >= 0.6 is 11.6 Å². The van der Waals surface area contributed by atoms with Gasteiger partial charge in [-0.05, 0) is 36.8 Å². The van der Waals surface area contributed by atoms with Crippen LogP contribution in [0.2, 0.25) is 5.02 Å². The van der Waals surface area contributed by atoms with Crippen LogP contribution in [0.4, 0.5) is 5.69 Å². The zero-order chi connectivity index (χ0) is 15.1. The monoisotopic (exact) mass is 303 g/mol. The number of nitrogens with one attached hydrogen (secondary N) is 2. The summed E-state index contributed by atoms with van der Waals surface area (Å²) in [7, 11) is 0. The van der Waals surface area contributed by atoms with Crippen LogP contribution in [0.25, 0.3) is 0 Å². The Balaban J connectivity index is 1.70. The van der Waals surface area contributed by atoms with Crippen molar-refractivity contribution in [2.45, 2.75) is 19.9 Å². The first-order chi connectivity index (χ1) is 10.1. The number of halogens is 1. The molecule has 1 heterocycles. The van der Waals surface area contributed by atoms with Gasteiger partial charge in [0, 0.05) is 29.9 Å². The molecular weight excluding hydrogens is 286 g/mol. The topological polar surface area (TPSA) is 54.0 Å². The Bertz CT molecular complexity index is 602. The minimum absolute atomic E-state index is 0.00800. The largest absolute Gasteiger partial charge is 0.384 e. The number of hydrogen-bond acceptors (Lipinski definition) is 3. The number of carbonyl (C=O) groups excluding carboxylic acids is 1. The van der Waals surface area contributed by atoms with Gasteiger partial charge in [0.2, 0.25) is 5.91 Å². The number of aromatic nitrogens is 1. The summed E-state index contributed by atoms with van der Waals surface area (Å²) in [5.74, 6) is -0.00800. The molecule has 0 aliphatic rings. The van der Waals surface area contributed by atoms with Crippen molar-refractivity contribution >= 4 is 23.2 Å². The fraction of sp³-hybridized carbons (Fsp3) is 0.250. The summed E-state index contributed by atoms with van der Waals surface area (Å²) in [5, 5.41) is 6.74. The standard InChI is InChI=1S/C16H18ClN3O/c1-12-5-6-13(10-15(12)17)19-9-7-16(21)20-11-14-4-2-3-8-18-14/h2-6,8,10,19H,7,9,11H2,1H3,(H,20,21). The van der Waals surface area contributed by atoms with Crippen molar-refractivity contribution < 1.29 is 4.79 Å². The van der Waals surface area contributed by atoms with E-state index >= 15 is 0 Å². The summed E-state index contributed by atoms with van der Waals surface area (Å²) >= 11 is 6.05. The Kier molecular flexibility index (Phi) is 5.58. The summed E-state index contributed by atoms with van der Waals surface area (Å²) in [6, 6.07) is 11.4. The maximum absolute atomic E-state index is 11.7. The molecule has 5 heteroatoms. The van der Waals surface area contributed by atoms with E-state index in [-0.39, 0.29) is 5.91 Å². The molecule has 0 unspecified atom stereocenters. The molecule has 0 saturated heterocycles. The predicted octanol–water partition coefficient (Wildman–Crippen LogP) is 3.16. The average molecular weight is 304 g/mol. The highest BCUT2D eigenvalue weighted by atomic mass is 35.5. The minimum atomic E-state index is -0.00800. The van der Waals surface area contributed by atoms with Crippen molar-refractivity contribution in [3.63, 3.8) is 0 Å². The van der Waals surface area contributed by atoms with E-state index in [1.165, 1.54) is 0 Å². The number of hydrogen-bond donors (Lipinski definition) is 2. The number of rotatable bonds is 6. The number of nitrogens with zero attached hydrogens (tertiary/aromatic N) is 1. The SMILES string of the molecule is Cc1ccc(NCCC(=O)NCc2ccccn2)cc1Cl. The summed E-state index contributed by atoms with van der Waals surface area (Å²) in [4.78, 5) is 15.9. The molecule has 1 aromatic heterocycles. The quantitative estimate of drug-likeness (QED) is 0.862. The zero-order valence-electron chi connectivity index (χ0n) is 11.9. The lowest BCUT2D eigenvalue weighted by atomic mass is 10.2. The van der Waals surface area contributed by atoms with E-state index in [1.807, 2.05) is 43.3 Å². The number of amides is 1. The van der Waals surface area contributed by atoms with Crippen LogP contribution in [0.1, 0.15) is 17.7 Å². The number of anilines is 1. The third-order valence-electron chi connectivity index (χ3n) is 3.05. The molecule has 0 fully saturated rings. The van der Waals surface area contributed by atoms with Gasteiger partial charge < -0.3 is 10.6 Å². The lowest BCUT2D eigenvalue weighted by Crippen LogP contribution is -2.25. The molecule has 2 N–H and O–H groups in total. The van der Waals surface area contributed by atoms with E-state index in [4.69, 9.17) is 11.6 Å². The van der Waals surface area contributed by atoms with Gasteiger partial charge in [0.05, 0.1) is 12.2 Å². The van der Waals surface area contributed by atoms with Crippen molar-refractivity contribution in [1.29, 1.82) is 0 Å². The summed E-state index contributed by atoms with van der Waals surface area (Å²) in [6.07, 6.45) is 2.11. The minimum Gasteiger partial charge on any atom is -0.384 e. The molecule has 4 nitrogen and oxygen atoms in total. The Morgan fingerprint density at radius 2 is 2.14 bits per heavy atom. The average Bonchev–Trinajstić information content (AvgIpc) is 2.50. The third-order valence-corrected chi connectivity index (χ3v) is 3.45. The molecule has 0 atom stereocenters. The Morgan fingerprint density at radius 3 is 2.86 bits per heavy atom. The van der Waals surface area contributed by atoms with Gasteiger partial charge in [-0.2, -0.15) is 0 Å². The molecule has 110 valence electrons. The second-order valence-corrected chi connectivity index (χ2v) is 5.15. The highest BCUT2D eigenvalue weighted by molar-refractivity contribution is 6.31. The molecule has 1 amide bonds. The lowest BCUT2D eigenvalue weighted by molar-refractivity contribution is -0.121. The molecule has 0 bridgehead atoms. The molecule has 2 aromatic rings. The second-order valence-electron chi connectivity index (χ2n) is 4.74. The highest BCUT2D eigenvalue weighted by Gasteiger charge is 2.02. The maximum Gasteiger partial charge on any atom is 0.222 e. The van der Waals surface area contributed by atoms with Crippen molar-refractivity contribution in [1.82, 2.24) is 10.3 Å². The maximum atomic E-state index is 11.7. The van der Waals surface area contributed by atoms with Crippen molar-refractivity contribution in [3.05, 3.63) is 58.9 Å². The molecule has 0 radical (unpaired) electrons. The summed E-state index contributed by atoms with van der Waals surface area (Å²) in [6.45, 7) is 2.97. The Morgan fingerprint density at radius 1 is 1.29 bits per heavy atom. The highest BCUT2D eigenvalue weighted by Crippen LogP contribution is 2.19. The first kappa shape index (κ1) is 15.3. The van der Waals surface area contributed by atoms with Gasteiger partial charge in [-0.25, -0.2) is 0 Å². The smallest absolute Gasteiger partial charge is 0.222 e. The van der Waals surface area contributed by atoms with Gasteiger partial charge in [-0.3, -0.25) is 9.78 Å². The summed E-state index contributed by atoms with van der Waals surface area (Å²) in [5.41, 5.74) is 2.81. The molecule has 0 aliphatic carbocycles. The van der Waals surface area contributed by atoms with E-state index in [0.717, 1.165) is 22.0 Å². The second kappa shape index (κ2) is 7.64. The zero-order valence-corrected chi connectivity index (χ0v) is 12.7. The molecule has 0 saturated carbocycles. The fourth-order valence-corrected chi connectivity index (χ4v) is 1.98. The van der Waals surface area contributed by atoms with E-state index < -0.39 is 0 Å². The van der Waals surface area contributed by atoms with Crippen LogP contribution in [0.3, 0.4) is 0 Å². The third kappa shape index (κ3) is 5.08. The number of pyridine rings is 1. The predicted molar refractivity (Wildman–Crippen MR) is 85.4 cm³/mol. The van der Waals surface area contributed by atoms with Gasteiger partial charge >= 0.3 is 0 Å². The molecule has 0 aliphatic heterocycles. The molecule has 2 rings (SSSR count). The van der Waals surface area contributed by atoms with E-state index in [0.29, 0.717) is 19.5 Å². The van der Waals surface area contributed by atoms with Crippen LogP contribution in [0.15, 0.2) is 42.6 Å². The molecule has 1 aromatic carbocycles. The van der Waals surface area contributed by atoms with E-state index in [2.05, 4.69) is 15.6 Å². The first-order valence-corrected chi connectivity index (χ1v) is 7.19.